The normalized spacial score (nSPS) is 14.7. The Morgan fingerprint density at radius 1 is 1.13 bits per heavy atom. The van der Waals surface area contributed by atoms with Crippen molar-refractivity contribution in [2.24, 2.45) is 11.7 Å². The van der Waals surface area contributed by atoms with Gasteiger partial charge in [0.05, 0.1) is 18.2 Å². The number of hydrogen-bond acceptors (Lipinski definition) is 4. The summed E-state index contributed by atoms with van der Waals surface area (Å²) in [7, 11) is 1.57. The van der Waals surface area contributed by atoms with Crippen LogP contribution >= 0.6 is 0 Å². The van der Waals surface area contributed by atoms with Crippen molar-refractivity contribution in [3.63, 3.8) is 0 Å². The van der Waals surface area contributed by atoms with Gasteiger partial charge in [-0.3, -0.25) is 9.59 Å². The van der Waals surface area contributed by atoms with Crippen LogP contribution in [0, 0.1) is 11.7 Å². The van der Waals surface area contributed by atoms with Crippen molar-refractivity contribution in [2.45, 2.75) is 12.8 Å². The summed E-state index contributed by atoms with van der Waals surface area (Å²) in [5.74, 6) is -0.375. The number of amides is 1. The summed E-state index contributed by atoms with van der Waals surface area (Å²) in [5, 5.41) is 0.631. The average molecular weight is 408 g/mol. The second-order valence-corrected chi connectivity index (χ2v) is 7.46. The third-order valence-corrected chi connectivity index (χ3v) is 5.67. The van der Waals surface area contributed by atoms with Crippen LogP contribution in [-0.2, 0) is 4.79 Å². The minimum Gasteiger partial charge on any atom is -0.497 e. The topological polar surface area (TPSA) is 86.8 Å². The number of piperidine rings is 1. The number of ketones is 1. The van der Waals surface area contributed by atoms with E-state index in [9.17, 15) is 14.0 Å². The van der Waals surface area contributed by atoms with Gasteiger partial charge in [0.25, 0.3) is 0 Å². The third-order valence-electron chi connectivity index (χ3n) is 5.67. The quantitative estimate of drug-likeness (QED) is 0.658. The highest BCUT2D eigenvalue weighted by Gasteiger charge is 2.29. The number of benzene rings is 2. The van der Waals surface area contributed by atoms with Crippen LogP contribution in [-0.4, -0.2) is 31.9 Å². The first-order valence-electron chi connectivity index (χ1n) is 9.85. The molecule has 0 atom stereocenters. The standard InChI is InChI=1S/C23H22FN3O3/c1-30-17-5-2-14(3-6-17)22(28)19-13-26-20-7-4-16(24)12-18(20)21(19)27-10-8-15(9-11-27)23(25)29/h2-7,12-13,15H,8-11H2,1H3,(H2,25,29)/p+1. The van der Waals surface area contributed by atoms with E-state index < -0.39 is 0 Å². The molecule has 7 heteroatoms. The number of aromatic amines is 1. The van der Waals surface area contributed by atoms with Crippen LogP contribution in [0.25, 0.3) is 10.9 Å². The number of rotatable bonds is 5. The lowest BCUT2D eigenvalue weighted by molar-refractivity contribution is -0.344. The summed E-state index contributed by atoms with van der Waals surface area (Å²) < 4.78 is 19.3. The van der Waals surface area contributed by atoms with E-state index >= 15 is 0 Å². The highest BCUT2D eigenvalue weighted by molar-refractivity contribution is 6.15. The number of aromatic nitrogens is 1. The molecule has 0 saturated carbocycles. The zero-order valence-corrected chi connectivity index (χ0v) is 16.7. The maximum absolute atomic E-state index is 14.1. The Kier molecular flexibility index (Phi) is 5.35. The minimum absolute atomic E-state index is 0.174. The van der Waals surface area contributed by atoms with E-state index in [1.54, 1.807) is 43.6 Å². The lowest BCUT2D eigenvalue weighted by atomic mass is 9.93. The van der Waals surface area contributed by atoms with Crippen LogP contribution in [0.1, 0.15) is 28.8 Å². The van der Waals surface area contributed by atoms with Crippen molar-refractivity contribution in [1.82, 2.24) is 0 Å². The van der Waals surface area contributed by atoms with Crippen LogP contribution in [0.15, 0.2) is 48.7 Å². The van der Waals surface area contributed by atoms with E-state index in [2.05, 4.69) is 4.98 Å². The van der Waals surface area contributed by atoms with E-state index in [0.29, 0.717) is 53.9 Å². The number of carbonyl (C=O) groups is 2. The van der Waals surface area contributed by atoms with Gasteiger partial charge in [0.2, 0.25) is 17.2 Å². The Bertz CT molecular complexity index is 1110. The van der Waals surface area contributed by atoms with Gasteiger partial charge in [-0.1, -0.05) is 0 Å². The van der Waals surface area contributed by atoms with Gasteiger partial charge in [-0.05, 0) is 49.2 Å². The Morgan fingerprint density at radius 3 is 2.47 bits per heavy atom. The molecular weight excluding hydrogens is 385 g/mol. The Balaban J connectivity index is 1.80. The van der Waals surface area contributed by atoms with Crippen LogP contribution in [0.3, 0.4) is 0 Å². The summed E-state index contributed by atoms with van der Waals surface area (Å²) in [5.41, 5.74) is 7.83. The molecule has 0 unspecified atom stereocenters. The van der Waals surface area contributed by atoms with Crippen LogP contribution in [0.5, 0.6) is 5.75 Å². The molecule has 2 heterocycles. The fourth-order valence-corrected chi connectivity index (χ4v) is 4.00. The summed E-state index contributed by atoms with van der Waals surface area (Å²) in [6.07, 6.45) is 2.87. The molecule has 0 bridgehead atoms. The number of fused-ring (bicyclic) bond motifs is 1. The molecule has 1 saturated heterocycles. The number of nitrogens with zero attached hydrogens (tertiary/aromatic N) is 1. The summed E-state index contributed by atoms with van der Waals surface area (Å²) in [4.78, 5) is 30.1. The number of methoxy groups -OCH3 is 1. The molecule has 4 rings (SSSR count). The first-order chi connectivity index (χ1) is 14.5. The molecular formula is C23H23FN3O3+. The largest absolute Gasteiger partial charge is 0.497 e. The predicted octanol–water partition coefficient (Wildman–Crippen LogP) is 2.73. The van der Waals surface area contributed by atoms with E-state index in [0.717, 1.165) is 5.52 Å². The first kappa shape index (κ1) is 19.8. The fraction of sp³-hybridized carbons (Fsp3) is 0.261. The molecule has 0 spiro atoms. The Hall–Kier alpha value is -3.48. The molecule has 1 aliphatic heterocycles. The average Bonchev–Trinajstić information content (AvgIpc) is 2.78. The van der Waals surface area contributed by atoms with Crippen LogP contribution in [0.4, 0.5) is 10.1 Å². The van der Waals surface area contributed by atoms with Gasteiger partial charge in [-0.25, -0.2) is 9.37 Å². The molecule has 1 amide bonds. The first-order valence-corrected chi connectivity index (χ1v) is 9.85. The van der Waals surface area contributed by atoms with Crippen molar-refractivity contribution < 1.29 is 23.7 Å². The number of halogens is 1. The van der Waals surface area contributed by atoms with Crippen molar-refractivity contribution in [1.29, 1.82) is 0 Å². The maximum Gasteiger partial charge on any atom is 0.220 e. The zero-order valence-electron chi connectivity index (χ0n) is 16.7. The molecule has 30 heavy (non-hydrogen) atoms. The van der Waals surface area contributed by atoms with Crippen molar-refractivity contribution in [2.75, 3.05) is 25.1 Å². The molecule has 154 valence electrons. The number of H-pyrrole nitrogens is 1. The van der Waals surface area contributed by atoms with Crippen LogP contribution < -0.4 is 20.4 Å². The lowest BCUT2D eigenvalue weighted by Gasteiger charge is -2.33. The molecule has 3 N–H and O–H groups in total. The number of carbonyl (C=O) groups excluding carboxylic acids is 2. The molecule has 6 nitrogen and oxygen atoms in total. The van der Waals surface area contributed by atoms with Gasteiger partial charge in [0.15, 0.2) is 6.20 Å². The molecule has 3 aromatic rings. The smallest absolute Gasteiger partial charge is 0.220 e. The molecule has 1 aromatic heterocycles. The highest BCUT2D eigenvalue weighted by atomic mass is 19.1. The van der Waals surface area contributed by atoms with Gasteiger partial charge >= 0.3 is 0 Å². The lowest BCUT2D eigenvalue weighted by Crippen LogP contribution is -2.39. The summed E-state index contributed by atoms with van der Waals surface area (Å²) in [6.45, 7) is 1.12. The zero-order chi connectivity index (χ0) is 21.3. The number of hydrogen-bond donors (Lipinski definition) is 1. The van der Waals surface area contributed by atoms with Crippen molar-refractivity contribution >= 4 is 28.3 Å². The Labute approximate surface area is 173 Å². The van der Waals surface area contributed by atoms with Gasteiger partial charge in [-0.2, -0.15) is 0 Å². The van der Waals surface area contributed by atoms with Gasteiger partial charge in [0.1, 0.15) is 17.1 Å². The number of ether oxygens (including phenoxy) is 1. The van der Waals surface area contributed by atoms with E-state index in [1.807, 2.05) is 4.90 Å². The highest BCUT2D eigenvalue weighted by Crippen LogP contribution is 2.33. The van der Waals surface area contributed by atoms with Gasteiger partial charge in [-0.15, -0.1) is 0 Å². The SMILES string of the molecule is COc1ccc(C(=O)c2c[nH+]c3ccc(F)cc3c2N2CCC(C(N)=O)CC2)cc1. The maximum atomic E-state index is 14.1. The van der Waals surface area contributed by atoms with Gasteiger partial charge in [0, 0.05) is 30.6 Å². The molecule has 2 aromatic carbocycles. The minimum atomic E-state index is -0.377. The molecule has 1 fully saturated rings. The summed E-state index contributed by atoms with van der Waals surface area (Å²) >= 11 is 0. The monoisotopic (exact) mass is 408 g/mol. The van der Waals surface area contributed by atoms with Crippen molar-refractivity contribution in [3.8, 4) is 5.75 Å². The number of nitrogens with two attached hydrogens (primary N) is 1. The molecule has 0 aliphatic carbocycles. The Morgan fingerprint density at radius 2 is 1.83 bits per heavy atom. The molecule has 1 aliphatic rings. The third kappa shape index (κ3) is 3.70. The second-order valence-electron chi connectivity index (χ2n) is 7.46. The van der Waals surface area contributed by atoms with Crippen LogP contribution in [0.2, 0.25) is 0 Å². The number of nitrogens with one attached hydrogen (secondary N) is 1. The van der Waals surface area contributed by atoms with E-state index in [4.69, 9.17) is 10.5 Å². The summed E-state index contributed by atoms with van der Waals surface area (Å²) in [6, 6.07) is 11.4. The number of primary amides is 1. The second kappa shape index (κ2) is 8.10. The van der Waals surface area contributed by atoms with E-state index in [-0.39, 0.29) is 23.4 Å². The fourth-order valence-electron chi connectivity index (χ4n) is 4.00. The van der Waals surface area contributed by atoms with E-state index in [1.165, 1.54) is 12.1 Å². The predicted molar refractivity (Wildman–Crippen MR) is 111 cm³/mol. The molecule has 0 radical (unpaired) electrons. The number of anilines is 1. The number of pyridine rings is 1. The van der Waals surface area contributed by atoms with Gasteiger partial charge < -0.3 is 15.4 Å². The van der Waals surface area contributed by atoms with Crippen molar-refractivity contribution in [3.05, 3.63) is 65.6 Å².